The molecule has 0 aliphatic carbocycles. The van der Waals surface area contributed by atoms with E-state index >= 15 is 0 Å². The summed E-state index contributed by atoms with van der Waals surface area (Å²) in [7, 11) is 1.59. The largest absolute Gasteiger partial charge is 0.497 e. The van der Waals surface area contributed by atoms with E-state index in [2.05, 4.69) is 30.7 Å². The first-order valence-electron chi connectivity index (χ1n) is 9.67. The molecule has 0 aliphatic heterocycles. The van der Waals surface area contributed by atoms with Gasteiger partial charge in [-0.05, 0) is 31.2 Å². The van der Waals surface area contributed by atoms with Crippen molar-refractivity contribution in [1.29, 1.82) is 5.26 Å². The number of hydrogen-bond acceptors (Lipinski definition) is 9. The third kappa shape index (κ3) is 4.12. The maximum absolute atomic E-state index is 12.6. The Morgan fingerprint density at radius 1 is 1.28 bits per heavy atom. The maximum Gasteiger partial charge on any atom is 0.244 e. The van der Waals surface area contributed by atoms with Crippen LogP contribution in [-0.4, -0.2) is 42.3 Å². The highest BCUT2D eigenvalue weighted by molar-refractivity contribution is 5.93. The number of aryl methyl sites for hydroxylation is 1. The molecule has 3 aromatic heterocycles. The smallest absolute Gasteiger partial charge is 0.244 e. The molecular formula is C20H20N10O2. The minimum atomic E-state index is -0.363. The lowest BCUT2D eigenvalue weighted by molar-refractivity contribution is -0.116. The molecule has 12 heteroatoms. The number of nitrogens with zero attached hydrogens (tertiary/aromatic N) is 7. The standard InChI is InChI=1S/C20H20N10O2/c1-3-30-9-15(14(8-21)28-30)25-16(31)10-29-11-23-17-18(26-20(22)27-19(17)29)24-12-4-6-13(32-2)7-5-12/h4-7,9,11H,3,10H2,1-2H3,(H,25,31)(H3,22,24,26,27). The van der Waals surface area contributed by atoms with Gasteiger partial charge in [0.05, 0.1) is 19.1 Å². The molecule has 1 amide bonds. The molecule has 0 radical (unpaired) electrons. The predicted octanol–water partition coefficient (Wildman–Crippen LogP) is 1.89. The summed E-state index contributed by atoms with van der Waals surface area (Å²) < 4.78 is 8.29. The van der Waals surface area contributed by atoms with Gasteiger partial charge >= 0.3 is 0 Å². The summed E-state index contributed by atoms with van der Waals surface area (Å²) in [4.78, 5) is 25.4. The van der Waals surface area contributed by atoms with E-state index in [9.17, 15) is 10.1 Å². The quantitative estimate of drug-likeness (QED) is 0.396. The Balaban J connectivity index is 1.57. The molecule has 4 rings (SSSR count). The van der Waals surface area contributed by atoms with Crippen molar-refractivity contribution >= 4 is 40.2 Å². The van der Waals surface area contributed by atoms with Crippen LogP contribution in [0.2, 0.25) is 0 Å². The van der Waals surface area contributed by atoms with E-state index in [1.807, 2.05) is 37.3 Å². The van der Waals surface area contributed by atoms with Crippen molar-refractivity contribution in [3.8, 4) is 11.8 Å². The van der Waals surface area contributed by atoms with Crippen LogP contribution in [0.3, 0.4) is 0 Å². The molecule has 0 aliphatic rings. The number of carbonyl (C=O) groups is 1. The summed E-state index contributed by atoms with van der Waals surface area (Å²) in [6.45, 7) is 2.38. The van der Waals surface area contributed by atoms with Crippen LogP contribution in [0.5, 0.6) is 5.75 Å². The highest BCUT2D eigenvalue weighted by Gasteiger charge is 2.16. The molecule has 3 heterocycles. The number of aromatic nitrogens is 6. The number of nitrogen functional groups attached to an aromatic ring is 1. The van der Waals surface area contributed by atoms with Crippen LogP contribution >= 0.6 is 0 Å². The van der Waals surface area contributed by atoms with Gasteiger partial charge < -0.3 is 25.7 Å². The van der Waals surface area contributed by atoms with Crippen LogP contribution in [-0.2, 0) is 17.9 Å². The summed E-state index contributed by atoms with van der Waals surface area (Å²) in [6, 6.07) is 9.25. The zero-order valence-electron chi connectivity index (χ0n) is 17.4. The van der Waals surface area contributed by atoms with E-state index in [0.29, 0.717) is 29.2 Å². The molecule has 4 aromatic rings. The Morgan fingerprint density at radius 3 is 2.75 bits per heavy atom. The van der Waals surface area contributed by atoms with Gasteiger partial charge in [0, 0.05) is 18.4 Å². The van der Waals surface area contributed by atoms with Gasteiger partial charge in [-0.25, -0.2) is 4.98 Å². The monoisotopic (exact) mass is 432 g/mol. The number of carbonyl (C=O) groups excluding carboxylic acids is 1. The molecule has 32 heavy (non-hydrogen) atoms. The molecule has 0 saturated carbocycles. The summed E-state index contributed by atoms with van der Waals surface area (Å²) in [6.07, 6.45) is 3.09. The van der Waals surface area contributed by atoms with Gasteiger partial charge in [-0.2, -0.15) is 20.3 Å². The second kappa shape index (κ2) is 8.60. The second-order valence-electron chi connectivity index (χ2n) is 6.74. The number of benzene rings is 1. The van der Waals surface area contributed by atoms with Gasteiger partial charge in [0.15, 0.2) is 22.7 Å². The van der Waals surface area contributed by atoms with Crippen molar-refractivity contribution in [3.63, 3.8) is 0 Å². The number of nitriles is 1. The van der Waals surface area contributed by atoms with Crippen LogP contribution in [0.4, 0.5) is 23.1 Å². The molecule has 0 saturated heterocycles. The van der Waals surface area contributed by atoms with E-state index in [1.54, 1.807) is 22.6 Å². The average Bonchev–Trinajstić information content (AvgIpc) is 3.38. The minimum Gasteiger partial charge on any atom is -0.497 e. The van der Waals surface area contributed by atoms with E-state index in [-0.39, 0.29) is 24.1 Å². The number of ether oxygens (including phenoxy) is 1. The fourth-order valence-corrected chi connectivity index (χ4v) is 3.08. The Kier molecular flexibility index (Phi) is 5.54. The number of anilines is 4. The van der Waals surface area contributed by atoms with Crippen LogP contribution in [0.15, 0.2) is 36.8 Å². The molecule has 12 nitrogen and oxygen atoms in total. The fourth-order valence-electron chi connectivity index (χ4n) is 3.08. The molecule has 0 fully saturated rings. The van der Waals surface area contributed by atoms with Crippen LogP contribution in [0.1, 0.15) is 12.6 Å². The van der Waals surface area contributed by atoms with E-state index in [0.717, 1.165) is 11.4 Å². The van der Waals surface area contributed by atoms with Crippen molar-refractivity contribution in [2.24, 2.45) is 0 Å². The lowest BCUT2D eigenvalue weighted by Gasteiger charge is -2.09. The van der Waals surface area contributed by atoms with Gasteiger partial charge in [0.2, 0.25) is 11.9 Å². The van der Waals surface area contributed by atoms with E-state index in [1.165, 1.54) is 6.33 Å². The summed E-state index contributed by atoms with van der Waals surface area (Å²) in [5.41, 5.74) is 8.00. The fraction of sp³-hybridized carbons (Fsp3) is 0.200. The molecule has 4 N–H and O–H groups in total. The molecule has 0 atom stereocenters. The van der Waals surface area contributed by atoms with Crippen LogP contribution in [0, 0.1) is 11.3 Å². The number of amides is 1. The topological polar surface area (TPSA) is 162 Å². The number of imidazole rings is 1. The van der Waals surface area contributed by atoms with Crippen LogP contribution < -0.4 is 21.1 Å². The van der Waals surface area contributed by atoms with Crippen molar-refractivity contribution < 1.29 is 9.53 Å². The SMILES string of the molecule is CCn1cc(NC(=O)Cn2cnc3c(Nc4ccc(OC)cc4)nc(N)nc32)c(C#N)n1. The molecule has 1 aromatic carbocycles. The summed E-state index contributed by atoms with van der Waals surface area (Å²) in [5.74, 6) is 0.806. The van der Waals surface area contributed by atoms with Gasteiger partial charge in [-0.15, -0.1) is 0 Å². The average molecular weight is 432 g/mol. The van der Waals surface area contributed by atoms with Crippen molar-refractivity contribution in [2.45, 2.75) is 20.0 Å². The van der Waals surface area contributed by atoms with E-state index < -0.39 is 0 Å². The zero-order valence-corrected chi connectivity index (χ0v) is 17.4. The Hall–Kier alpha value is -4.66. The lowest BCUT2D eigenvalue weighted by atomic mass is 10.3. The lowest BCUT2D eigenvalue weighted by Crippen LogP contribution is -2.19. The predicted molar refractivity (Wildman–Crippen MR) is 117 cm³/mol. The Labute approximate surface area is 182 Å². The minimum absolute atomic E-state index is 0.0339. The van der Waals surface area contributed by atoms with Gasteiger partial charge in [0.25, 0.3) is 0 Å². The number of methoxy groups -OCH3 is 1. The first-order valence-corrected chi connectivity index (χ1v) is 9.67. The number of nitrogens with one attached hydrogen (secondary N) is 2. The van der Waals surface area contributed by atoms with Gasteiger partial charge in [0.1, 0.15) is 18.4 Å². The van der Waals surface area contributed by atoms with Crippen molar-refractivity contribution in [1.82, 2.24) is 29.3 Å². The molecule has 0 unspecified atom stereocenters. The van der Waals surface area contributed by atoms with Gasteiger partial charge in [-0.1, -0.05) is 0 Å². The highest BCUT2D eigenvalue weighted by Crippen LogP contribution is 2.25. The molecule has 0 spiro atoms. The normalized spacial score (nSPS) is 10.7. The Morgan fingerprint density at radius 2 is 2.06 bits per heavy atom. The van der Waals surface area contributed by atoms with E-state index in [4.69, 9.17) is 10.5 Å². The number of rotatable bonds is 7. The zero-order chi connectivity index (χ0) is 22.7. The summed E-state index contributed by atoms with van der Waals surface area (Å²) >= 11 is 0. The Bertz CT molecular complexity index is 1320. The summed E-state index contributed by atoms with van der Waals surface area (Å²) in [5, 5.41) is 19.2. The number of fused-ring (bicyclic) bond motifs is 1. The maximum atomic E-state index is 12.6. The highest BCUT2D eigenvalue weighted by atomic mass is 16.5. The number of nitrogens with two attached hydrogens (primary N) is 1. The molecular weight excluding hydrogens is 412 g/mol. The first-order chi connectivity index (χ1) is 15.5. The van der Waals surface area contributed by atoms with Gasteiger partial charge in [-0.3, -0.25) is 9.48 Å². The van der Waals surface area contributed by atoms with Crippen LogP contribution in [0.25, 0.3) is 11.2 Å². The number of hydrogen-bond donors (Lipinski definition) is 3. The first kappa shape index (κ1) is 20.6. The molecule has 162 valence electrons. The van der Waals surface area contributed by atoms with Crippen molar-refractivity contribution in [2.75, 3.05) is 23.5 Å². The third-order valence-electron chi connectivity index (χ3n) is 4.61. The third-order valence-corrected chi connectivity index (χ3v) is 4.61. The van der Waals surface area contributed by atoms with Crippen molar-refractivity contribution in [3.05, 3.63) is 42.5 Å². The molecule has 0 bridgehead atoms. The second-order valence-corrected chi connectivity index (χ2v) is 6.74.